The van der Waals surface area contributed by atoms with Gasteiger partial charge in [0.05, 0.1) is 17.1 Å². The molecule has 2 aromatic heterocycles. The Morgan fingerprint density at radius 2 is 1.15 bits per heavy atom. The third-order valence-electron chi connectivity index (χ3n) is 11.1. The lowest BCUT2D eigenvalue weighted by Crippen LogP contribution is -2.36. The van der Waals surface area contributed by atoms with E-state index in [-0.39, 0.29) is 6.04 Å². The van der Waals surface area contributed by atoms with E-state index in [9.17, 15) is 0 Å². The molecule has 0 bridgehead atoms. The molecule has 1 atom stereocenters. The second-order valence-corrected chi connectivity index (χ2v) is 14.0. The first-order valence-electron chi connectivity index (χ1n) is 18.4. The number of furan rings is 1. The van der Waals surface area contributed by atoms with Crippen LogP contribution in [0.4, 0.5) is 11.4 Å². The first kappa shape index (κ1) is 29.8. The molecule has 0 N–H and O–H groups in total. The van der Waals surface area contributed by atoms with Crippen LogP contribution in [-0.4, -0.2) is 10.6 Å². The van der Waals surface area contributed by atoms with Crippen LogP contribution in [0.25, 0.3) is 83.3 Å². The summed E-state index contributed by atoms with van der Waals surface area (Å²) in [6.45, 7) is 0. The second-order valence-electron chi connectivity index (χ2n) is 14.0. The molecule has 1 unspecified atom stereocenters. The van der Waals surface area contributed by atoms with Crippen LogP contribution >= 0.6 is 0 Å². The van der Waals surface area contributed by atoms with Gasteiger partial charge in [0.25, 0.3) is 0 Å². The van der Waals surface area contributed by atoms with Crippen LogP contribution in [0.5, 0.6) is 0 Å². The van der Waals surface area contributed by atoms with Crippen LogP contribution in [0, 0.1) is 0 Å². The van der Waals surface area contributed by atoms with Crippen LogP contribution in [0.15, 0.2) is 180 Å². The molecule has 11 rings (SSSR count). The largest absolute Gasteiger partial charge is 0.456 e. The van der Waals surface area contributed by atoms with E-state index in [2.05, 4.69) is 191 Å². The maximum absolute atomic E-state index is 6.28. The van der Waals surface area contributed by atoms with E-state index < -0.39 is 0 Å². The highest BCUT2D eigenvalue weighted by atomic mass is 16.3. The summed E-state index contributed by atoms with van der Waals surface area (Å²) in [4.78, 5) is 2.48. The Kier molecular flexibility index (Phi) is 6.68. The smallest absolute Gasteiger partial charge is 0.135 e. The van der Waals surface area contributed by atoms with Crippen LogP contribution < -0.4 is 15.5 Å². The van der Waals surface area contributed by atoms with E-state index in [0.29, 0.717) is 0 Å². The zero-order chi connectivity index (χ0) is 34.9. The van der Waals surface area contributed by atoms with Gasteiger partial charge in [-0.25, -0.2) is 0 Å². The van der Waals surface area contributed by atoms with Crippen LogP contribution in [-0.2, 0) is 0 Å². The van der Waals surface area contributed by atoms with E-state index in [0.717, 1.165) is 39.9 Å². The molecule has 3 nitrogen and oxygen atoms in total. The molecular weight excluding hydrogens is 645 g/mol. The van der Waals surface area contributed by atoms with Crippen LogP contribution in [0.1, 0.15) is 6.42 Å². The second kappa shape index (κ2) is 11.9. The monoisotopic (exact) mass is 678 g/mol. The lowest BCUT2D eigenvalue weighted by Gasteiger charge is -2.32. The van der Waals surface area contributed by atoms with Gasteiger partial charge in [0.15, 0.2) is 0 Å². The van der Waals surface area contributed by atoms with E-state index in [1.807, 2.05) is 6.07 Å². The molecule has 2 heterocycles. The lowest BCUT2D eigenvalue weighted by atomic mass is 9.97. The third-order valence-corrected chi connectivity index (χ3v) is 11.1. The molecule has 1 aliphatic rings. The Labute approximate surface area is 306 Å². The van der Waals surface area contributed by atoms with E-state index in [1.54, 1.807) is 0 Å². The van der Waals surface area contributed by atoms with Crippen molar-refractivity contribution >= 4 is 77.8 Å². The predicted octanol–water partition coefficient (Wildman–Crippen LogP) is 11.7. The number of nitrogens with zero attached hydrogens (tertiary/aromatic N) is 2. The highest BCUT2D eigenvalue weighted by Gasteiger charge is 2.23. The van der Waals surface area contributed by atoms with Gasteiger partial charge in [0.1, 0.15) is 11.0 Å². The van der Waals surface area contributed by atoms with Crippen molar-refractivity contribution < 1.29 is 4.42 Å². The minimum absolute atomic E-state index is 0.0948. The maximum atomic E-state index is 6.28. The van der Waals surface area contributed by atoms with E-state index >= 15 is 0 Å². The van der Waals surface area contributed by atoms with Crippen LogP contribution in [0.3, 0.4) is 0 Å². The van der Waals surface area contributed by atoms with Gasteiger partial charge in [0.2, 0.25) is 0 Å². The number of anilines is 2. The van der Waals surface area contributed by atoms with Gasteiger partial charge in [-0.05, 0) is 106 Å². The average Bonchev–Trinajstić information content (AvgIpc) is 3.77. The summed E-state index contributed by atoms with van der Waals surface area (Å²) >= 11 is 0. The van der Waals surface area contributed by atoms with Crippen molar-refractivity contribution in [3.63, 3.8) is 0 Å². The number of hydrogen-bond acceptors (Lipinski definition) is 2. The van der Waals surface area contributed by atoms with Gasteiger partial charge in [-0.15, -0.1) is 0 Å². The molecule has 53 heavy (non-hydrogen) atoms. The van der Waals surface area contributed by atoms with Crippen molar-refractivity contribution in [3.8, 4) is 16.8 Å². The SMILES string of the molecule is C1=c2oc3ccccc3c2=CC(N(c2ccc(-c3cccc4ccccc34)cc2)c2ccc(-n3c4ccccc4c4c5ccccc5ccc43)cc2)C1. The molecule has 0 spiro atoms. The predicted molar refractivity (Wildman–Crippen MR) is 223 cm³/mol. The summed E-state index contributed by atoms with van der Waals surface area (Å²) < 4.78 is 8.69. The highest BCUT2D eigenvalue weighted by Crippen LogP contribution is 2.39. The highest BCUT2D eigenvalue weighted by molar-refractivity contribution is 6.21. The van der Waals surface area contributed by atoms with Gasteiger partial charge in [-0.1, -0.05) is 121 Å². The topological polar surface area (TPSA) is 21.3 Å². The molecule has 250 valence electrons. The Morgan fingerprint density at radius 1 is 0.509 bits per heavy atom. The van der Waals surface area contributed by atoms with Gasteiger partial charge in [0, 0.05) is 38.4 Å². The molecule has 10 aromatic rings. The van der Waals surface area contributed by atoms with Gasteiger partial charge < -0.3 is 13.9 Å². The summed E-state index contributed by atoms with van der Waals surface area (Å²) in [6, 6.07) is 63.8. The fourth-order valence-corrected chi connectivity index (χ4v) is 8.67. The van der Waals surface area contributed by atoms with Gasteiger partial charge in [-0.3, -0.25) is 0 Å². The summed E-state index contributed by atoms with van der Waals surface area (Å²) in [5, 5.41) is 9.95. The van der Waals surface area contributed by atoms with Gasteiger partial charge >= 0.3 is 0 Å². The fourth-order valence-electron chi connectivity index (χ4n) is 8.67. The molecule has 0 fully saturated rings. The van der Waals surface area contributed by atoms with Crippen molar-refractivity contribution in [1.82, 2.24) is 4.57 Å². The number of benzene rings is 8. The Bertz CT molecular complexity index is 3140. The fraction of sp³-hybridized carbons (Fsp3) is 0.0400. The molecule has 1 aliphatic carbocycles. The summed E-state index contributed by atoms with van der Waals surface area (Å²) in [5.41, 5.74) is 10.2. The van der Waals surface area contributed by atoms with Crippen molar-refractivity contribution in [2.45, 2.75) is 12.5 Å². The molecule has 0 radical (unpaired) electrons. The van der Waals surface area contributed by atoms with Crippen molar-refractivity contribution in [3.05, 3.63) is 187 Å². The first-order chi connectivity index (χ1) is 26.3. The average molecular weight is 679 g/mol. The zero-order valence-electron chi connectivity index (χ0n) is 29.0. The number of fused-ring (bicyclic) bond motifs is 9. The lowest BCUT2D eigenvalue weighted by molar-refractivity contribution is 0.569. The van der Waals surface area contributed by atoms with E-state index in [4.69, 9.17) is 4.42 Å². The zero-order valence-corrected chi connectivity index (χ0v) is 29.0. The van der Waals surface area contributed by atoms with Crippen molar-refractivity contribution in [1.29, 1.82) is 0 Å². The number of para-hydroxylation sites is 2. The summed E-state index contributed by atoms with van der Waals surface area (Å²) in [5.74, 6) is 0. The van der Waals surface area contributed by atoms with Crippen LogP contribution in [0.2, 0.25) is 0 Å². The number of aromatic nitrogens is 1. The molecule has 0 aliphatic heterocycles. The maximum Gasteiger partial charge on any atom is 0.135 e. The summed E-state index contributed by atoms with van der Waals surface area (Å²) in [6.07, 6.45) is 5.49. The first-order valence-corrected chi connectivity index (χ1v) is 18.4. The number of rotatable bonds is 5. The normalized spacial score (nSPS) is 14.1. The van der Waals surface area contributed by atoms with Crippen molar-refractivity contribution in [2.75, 3.05) is 4.90 Å². The molecule has 3 heteroatoms. The van der Waals surface area contributed by atoms with Gasteiger partial charge in [-0.2, -0.15) is 0 Å². The standard InChI is InChI=1S/C50H34N2O/c1-3-13-40-33(10-1)12-9-17-41(40)35-20-23-36(24-21-35)51(39-29-31-49-45(32-39)43-15-6-8-19-48(43)53-49)37-25-27-38(28-26-37)52-46-18-7-5-16-44(46)50-42-14-4-2-11-34(42)22-30-47(50)52/h1-28,30-32,39H,29H2. The minimum atomic E-state index is 0.0948. The Morgan fingerprint density at radius 3 is 1.96 bits per heavy atom. The minimum Gasteiger partial charge on any atom is -0.456 e. The molecule has 0 amide bonds. The molecule has 0 saturated carbocycles. The number of hydrogen-bond donors (Lipinski definition) is 0. The molecular formula is C50H34N2O. The van der Waals surface area contributed by atoms with Crippen molar-refractivity contribution in [2.24, 2.45) is 0 Å². The summed E-state index contributed by atoms with van der Waals surface area (Å²) in [7, 11) is 0. The quantitative estimate of drug-likeness (QED) is 0.181. The molecule has 0 saturated heterocycles. The Hall–Kier alpha value is -6.84. The third kappa shape index (κ3) is 4.74. The van der Waals surface area contributed by atoms with E-state index in [1.165, 1.54) is 59.7 Å². The molecule has 8 aromatic carbocycles. The Balaban J connectivity index is 1.05.